The molecular weight excluding hydrogens is 272 g/mol. The van der Waals surface area contributed by atoms with Crippen LogP contribution in [0.15, 0.2) is 0 Å². The fourth-order valence-corrected chi connectivity index (χ4v) is 3.39. The molecule has 5 heteroatoms. The first-order valence-corrected chi connectivity index (χ1v) is 7.90. The highest BCUT2D eigenvalue weighted by Crippen LogP contribution is 2.46. The number of aryl methyl sites for hydroxylation is 2. The van der Waals surface area contributed by atoms with Crippen molar-refractivity contribution in [3.63, 3.8) is 0 Å². The second-order valence-electron chi connectivity index (χ2n) is 6.45. The van der Waals surface area contributed by atoms with Crippen LogP contribution < -0.4 is 0 Å². The molecule has 2 aromatic heterocycles. The number of rotatable bonds is 4. The number of alkyl halides is 1. The molecule has 4 nitrogen and oxygen atoms in total. The van der Waals surface area contributed by atoms with E-state index in [0.717, 1.165) is 29.1 Å². The zero-order chi connectivity index (χ0) is 14.7. The van der Waals surface area contributed by atoms with Crippen molar-refractivity contribution in [3.05, 3.63) is 11.5 Å². The third-order valence-electron chi connectivity index (χ3n) is 4.57. The molecule has 0 aliphatic heterocycles. The summed E-state index contributed by atoms with van der Waals surface area (Å²) in [6.07, 6.45) is 3.48. The third kappa shape index (κ3) is 1.88. The molecule has 0 amide bonds. The maximum absolute atomic E-state index is 6.40. The van der Waals surface area contributed by atoms with Crippen LogP contribution in [0.3, 0.4) is 0 Å². The van der Waals surface area contributed by atoms with Gasteiger partial charge in [-0.15, -0.1) is 11.6 Å². The highest BCUT2D eigenvalue weighted by Gasteiger charge is 2.42. The van der Waals surface area contributed by atoms with Crippen molar-refractivity contribution in [1.82, 2.24) is 19.3 Å². The summed E-state index contributed by atoms with van der Waals surface area (Å²) >= 11 is 6.40. The molecule has 1 saturated carbocycles. The minimum Gasteiger partial charge on any atom is -0.306 e. The maximum Gasteiger partial charge on any atom is 0.159 e. The molecular formula is C15H23ClN4. The number of fused-ring (bicyclic) bond motifs is 1. The predicted octanol–water partition coefficient (Wildman–Crippen LogP) is 3.78. The molecule has 0 bridgehead atoms. The van der Waals surface area contributed by atoms with Crippen LogP contribution in [0.1, 0.15) is 57.4 Å². The Morgan fingerprint density at radius 2 is 2.05 bits per heavy atom. The van der Waals surface area contributed by atoms with E-state index in [0.29, 0.717) is 5.92 Å². The Morgan fingerprint density at radius 3 is 2.55 bits per heavy atom. The van der Waals surface area contributed by atoms with Crippen LogP contribution in [-0.2, 0) is 19.0 Å². The monoisotopic (exact) mass is 294 g/mol. The summed E-state index contributed by atoms with van der Waals surface area (Å²) in [7, 11) is 2.01. The van der Waals surface area contributed by atoms with Crippen molar-refractivity contribution >= 4 is 22.8 Å². The highest BCUT2D eigenvalue weighted by atomic mass is 35.5. The second-order valence-corrected chi connectivity index (χ2v) is 7.10. The van der Waals surface area contributed by atoms with E-state index in [-0.39, 0.29) is 10.9 Å². The molecule has 0 aromatic carbocycles. The zero-order valence-electron chi connectivity index (χ0n) is 12.9. The van der Waals surface area contributed by atoms with E-state index in [9.17, 15) is 0 Å². The van der Waals surface area contributed by atoms with E-state index in [1.54, 1.807) is 0 Å². The average Bonchev–Trinajstić information content (AvgIpc) is 3.08. The fourth-order valence-electron chi connectivity index (χ4n) is 3.24. The van der Waals surface area contributed by atoms with Gasteiger partial charge in [0.1, 0.15) is 11.3 Å². The van der Waals surface area contributed by atoms with E-state index in [1.165, 1.54) is 12.8 Å². The van der Waals surface area contributed by atoms with Crippen molar-refractivity contribution in [1.29, 1.82) is 0 Å². The van der Waals surface area contributed by atoms with Crippen LogP contribution in [0.25, 0.3) is 11.2 Å². The van der Waals surface area contributed by atoms with E-state index < -0.39 is 0 Å². The molecule has 0 spiro atoms. The van der Waals surface area contributed by atoms with Gasteiger partial charge in [0.05, 0.1) is 11.1 Å². The maximum atomic E-state index is 6.40. The van der Waals surface area contributed by atoms with Crippen LogP contribution in [0, 0.1) is 5.92 Å². The highest BCUT2D eigenvalue weighted by molar-refractivity contribution is 6.20. The summed E-state index contributed by atoms with van der Waals surface area (Å²) < 4.78 is 4.30. The lowest BCUT2D eigenvalue weighted by Crippen LogP contribution is -2.31. The molecule has 110 valence electrons. The van der Waals surface area contributed by atoms with Gasteiger partial charge in [-0.05, 0) is 46.0 Å². The molecule has 1 aliphatic carbocycles. The molecule has 20 heavy (non-hydrogen) atoms. The Bertz CT molecular complexity index is 646. The normalized spacial score (nSPS) is 17.9. The van der Waals surface area contributed by atoms with Gasteiger partial charge in [0.15, 0.2) is 5.65 Å². The van der Waals surface area contributed by atoms with Crippen molar-refractivity contribution < 1.29 is 0 Å². The second kappa shape index (κ2) is 4.48. The van der Waals surface area contributed by atoms with Gasteiger partial charge in [0.2, 0.25) is 0 Å². The average molecular weight is 295 g/mol. The predicted molar refractivity (Wildman–Crippen MR) is 82.2 cm³/mol. The van der Waals surface area contributed by atoms with Gasteiger partial charge in [-0.1, -0.05) is 6.92 Å². The number of halogens is 1. The van der Waals surface area contributed by atoms with Crippen LogP contribution in [0.4, 0.5) is 0 Å². The number of nitrogens with zero attached hydrogens (tertiary/aromatic N) is 4. The lowest BCUT2D eigenvalue weighted by atomic mass is 9.98. The SMILES string of the molecule is CCc1nn(C)c2c1nc(C(C)Cl)n2C(C)(C)C1CC1. The Kier molecular flexibility index (Phi) is 3.12. The summed E-state index contributed by atoms with van der Waals surface area (Å²) in [4.78, 5) is 4.83. The first-order chi connectivity index (χ1) is 9.37. The fraction of sp³-hybridized carbons (Fsp3) is 0.733. The minimum absolute atomic E-state index is 0.0477. The molecule has 1 atom stereocenters. The molecule has 0 N–H and O–H groups in total. The minimum atomic E-state index is -0.0925. The lowest BCUT2D eigenvalue weighted by molar-refractivity contribution is 0.300. The van der Waals surface area contributed by atoms with Gasteiger partial charge < -0.3 is 4.57 Å². The Balaban J connectivity index is 2.31. The summed E-state index contributed by atoms with van der Waals surface area (Å²) in [6.45, 7) is 8.72. The summed E-state index contributed by atoms with van der Waals surface area (Å²) in [5.74, 6) is 1.69. The van der Waals surface area contributed by atoms with Crippen LogP contribution in [0.5, 0.6) is 0 Å². The molecule has 3 rings (SSSR count). The molecule has 2 aromatic rings. The van der Waals surface area contributed by atoms with Gasteiger partial charge >= 0.3 is 0 Å². The largest absolute Gasteiger partial charge is 0.306 e. The summed E-state index contributed by atoms with van der Waals surface area (Å²) in [6, 6.07) is 0. The smallest absolute Gasteiger partial charge is 0.159 e. The van der Waals surface area contributed by atoms with Crippen LogP contribution >= 0.6 is 11.6 Å². The molecule has 2 heterocycles. The van der Waals surface area contributed by atoms with Gasteiger partial charge in [0.25, 0.3) is 0 Å². The van der Waals surface area contributed by atoms with E-state index in [1.807, 2.05) is 18.7 Å². The van der Waals surface area contributed by atoms with E-state index in [2.05, 4.69) is 30.4 Å². The van der Waals surface area contributed by atoms with E-state index >= 15 is 0 Å². The molecule has 0 radical (unpaired) electrons. The summed E-state index contributed by atoms with van der Waals surface area (Å²) in [5.41, 5.74) is 3.24. The van der Waals surface area contributed by atoms with Gasteiger partial charge in [-0.3, -0.25) is 4.68 Å². The van der Waals surface area contributed by atoms with Crippen molar-refractivity contribution in [2.45, 2.75) is 57.9 Å². The van der Waals surface area contributed by atoms with Gasteiger partial charge in [0, 0.05) is 12.6 Å². The standard InChI is InChI=1S/C15H23ClN4/c1-6-11-12-14(19(5)18-11)20(13(17-12)9(2)16)15(3,4)10-7-8-10/h9-10H,6-8H2,1-5H3. The van der Waals surface area contributed by atoms with Gasteiger partial charge in [-0.2, -0.15) is 5.10 Å². The molecule has 1 unspecified atom stereocenters. The number of hydrogen-bond acceptors (Lipinski definition) is 2. The zero-order valence-corrected chi connectivity index (χ0v) is 13.7. The van der Waals surface area contributed by atoms with Crippen LogP contribution in [0.2, 0.25) is 0 Å². The molecule has 0 saturated heterocycles. The Hall–Kier alpha value is -1.03. The van der Waals surface area contributed by atoms with E-state index in [4.69, 9.17) is 16.6 Å². The number of aromatic nitrogens is 4. The summed E-state index contributed by atoms with van der Waals surface area (Å²) in [5, 5.41) is 4.52. The van der Waals surface area contributed by atoms with Crippen molar-refractivity contribution in [2.75, 3.05) is 0 Å². The lowest BCUT2D eigenvalue weighted by Gasteiger charge is -2.30. The number of imidazole rings is 1. The third-order valence-corrected chi connectivity index (χ3v) is 4.77. The van der Waals surface area contributed by atoms with Crippen molar-refractivity contribution in [2.24, 2.45) is 13.0 Å². The Labute approximate surface area is 125 Å². The van der Waals surface area contributed by atoms with Crippen molar-refractivity contribution in [3.8, 4) is 0 Å². The molecule has 1 aliphatic rings. The molecule has 1 fully saturated rings. The quantitative estimate of drug-likeness (QED) is 0.805. The first kappa shape index (κ1) is 13.9. The first-order valence-electron chi connectivity index (χ1n) is 7.46. The Morgan fingerprint density at radius 1 is 1.40 bits per heavy atom. The van der Waals surface area contributed by atoms with Gasteiger partial charge in [-0.25, -0.2) is 4.98 Å². The van der Waals surface area contributed by atoms with Crippen LogP contribution in [-0.4, -0.2) is 19.3 Å². The number of hydrogen-bond donors (Lipinski definition) is 0. The topological polar surface area (TPSA) is 35.6 Å².